The molecule has 1 aromatic rings. The lowest BCUT2D eigenvalue weighted by Gasteiger charge is -2.11. The van der Waals surface area contributed by atoms with Gasteiger partial charge in [-0.1, -0.05) is 24.3 Å². The molecule has 0 radical (unpaired) electrons. The lowest BCUT2D eigenvalue weighted by atomic mass is 9.95. The van der Waals surface area contributed by atoms with Gasteiger partial charge in [-0.25, -0.2) is 4.21 Å². The highest BCUT2D eigenvalue weighted by Gasteiger charge is 2.27. The second-order valence-electron chi connectivity index (χ2n) is 3.00. The van der Waals surface area contributed by atoms with Crippen LogP contribution in [0.15, 0.2) is 35.2 Å². The van der Waals surface area contributed by atoms with Crippen molar-refractivity contribution in [2.45, 2.75) is 0 Å². The summed E-state index contributed by atoms with van der Waals surface area (Å²) >= 11 is -2.42. The van der Waals surface area contributed by atoms with Crippen molar-refractivity contribution in [3.05, 3.63) is 46.4 Å². The Kier molecular flexibility index (Phi) is 2.34. The van der Waals surface area contributed by atoms with Crippen molar-refractivity contribution in [2.24, 2.45) is 0 Å². The molecule has 1 aliphatic rings. The maximum Gasteiger partial charge on any atom is 0.205 e. The highest BCUT2D eigenvalue weighted by molar-refractivity contribution is 7.84. The van der Waals surface area contributed by atoms with Crippen LogP contribution in [0.4, 0.5) is 0 Å². The van der Waals surface area contributed by atoms with Crippen molar-refractivity contribution in [3.8, 4) is 0 Å². The Hall–Kier alpha value is -1.59. The third-order valence-corrected chi connectivity index (χ3v) is 2.79. The quantitative estimate of drug-likeness (QED) is 0.724. The summed E-state index contributed by atoms with van der Waals surface area (Å²) in [6.45, 7) is 0. The van der Waals surface area contributed by atoms with Gasteiger partial charge in [-0.15, -0.1) is 0 Å². The fraction of sp³-hybridized carbons (Fsp3) is 0. The molecule has 1 unspecified atom stereocenters. The van der Waals surface area contributed by atoms with Gasteiger partial charge in [0.1, 0.15) is 4.91 Å². The summed E-state index contributed by atoms with van der Waals surface area (Å²) in [6.07, 6.45) is 0.917. The van der Waals surface area contributed by atoms with Gasteiger partial charge in [0.15, 0.2) is 16.9 Å². The molecule has 76 valence electrons. The number of carbonyl (C=O) groups is 2. The smallest absolute Gasteiger partial charge is 0.205 e. The molecule has 0 aliphatic heterocycles. The first-order valence-corrected chi connectivity index (χ1v) is 5.22. The average molecular weight is 222 g/mol. The lowest BCUT2D eigenvalue weighted by molar-refractivity contribution is 0.0990. The van der Waals surface area contributed by atoms with Crippen LogP contribution in [0.2, 0.25) is 0 Å². The van der Waals surface area contributed by atoms with Gasteiger partial charge in [0, 0.05) is 17.2 Å². The third-order valence-electron chi connectivity index (χ3n) is 2.11. The zero-order chi connectivity index (χ0) is 11.0. The number of Topliss-reactive ketones (excluding diaryl/α,β-unsaturated/α-hetero) is 1. The standard InChI is InChI=1S/C10H6O4S/c11-8-5-9(15(13)14)10(12)7-4-2-1-3-6(7)8/h1-5H,(H,13,14). The van der Waals surface area contributed by atoms with E-state index in [0.29, 0.717) is 0 Å². The molecular formula is C10H6O4S. The van der Waals surface area contributed by atoms with Crippen molar-refractivity contribution < 1.29 is 18.4 Å². The first-order chi connectivity index (χ1) is 7.11. The number of ketones is 2. The minimum atomic E-state index is -2.42. The van der Waals surface area contributed by atoms with Gasteiger partial charge in [-0.3, -0.25) is 9.59 Å². The summed E-state index contributed by atoms with van der Waals surface area (Å²) in [6, 6.07) is 6.23. The molecule has 2 rings (SSSR count). The first kappa shape index (κ1) is 9.95. The summed E-state index contributed by atoms with van der Waals surface area (Å²) in [5.41, 5.74) is 0.458. The lowest BCUT2D eigenvalue weighted by Crippen LogP contribution is -2.19. The molecule has 0 heterocycles. The van der Waals surface area contributed by atoms with Crippen molar-refractivity contribution in [2.75, 3.05) is 0 Å². The van der Waals surface area contributed by atoms with E-state index in [1.165, 1.54) is 12.1 Å². The van der Waals surface area contributed by atoms with E-state index < -0.39 is 22.6 Å². The van der Waals surface area contributed by atoms with E-state index in [-0.39, 0.29) is 16.0 Å². The highest BCUT2D eigenvalue weighted by atomic mass is 32.2. The van der Waals surface area contributed by atoms with Crippen molar-refractivity contribution >= 4 is 22.6 Å². The molecule has 1 aliphatic carbocycles. The van der Waals surface area contributed by atoms with Gasteiger partial charge in [-0.2, -0.15) is 0 Å². The molecule has 0 bridgehead atoms. The molecule has 15 heavy (non-hydrogen) atoms. The summed E-state index contributed by atoms with van der Waals surface area (Å²) < 4.78 is 19.6. The molecule has 0 aromatic heterocycles. The number of rotatable bonds is 1. The Morgan fingerprint density at radius 2 is 1.67 bits per heavy atom. The van der Waals surface area contributed by atoms with E-state index >= 15 is 0 Å². The molecule has 0 spiro atoms. The predicted octanol–water partition coefficient (Wildman–Crippen LogP) is 1.17. The zero-order valence-electron chi connectivity index (χ0n) is 7.47. The minimum absolute atomic E-state index is 0.183. The van der Waals surface area contributed by atoms with Gasteiger partial charge in [0.05, 0.1) is 0 Å². The second-order valence-corrected chi connectivity index (χ2v) is 3.93. The van der Waals surface area contributed by atoms with Gasteiger partial charge >= 0.3 is 0 Å². The Labute approximate surface area is 87.9 Å². The molecule has 4 nitrogen and oxygen atoms in total. The fourth-order valence-electron chi connectivity index (χ4n) is 1.42. The zero-order valence-corrected chi connectivity index (χ0v) is 8.28. The van der Waals surface area contributed by atoms with Crippen LogP contribution in [0.5, 0.6) is 0 Å². The van der Waals surface area contributed by atoms with Crippen molar-refractivity contribution in [3.63, 3.8) is 0 Å². The predicted molar refractivity (Wildman–Crippen MR) is 54.0 cm³/mol. The normalized spacial score (nSPS) is 17.0. The summed E-state index contributed by atoms with van der Waals surface area (Å²) in [5, 5.41) is 0. The van der Waals surface area contributed by atoms with Gasteiger partial charge < -0.3 is 4.55 Å². The molecule has 0 amide bonds. The van der Waals surface area contributed by atoms with Crippen molar-refractivity contribution in [1.29, 1.82) is 0 Å². The SMILES string of the molecule is O=C1C=C(S(=O)O)C(=O)c2ccccc21. The van der Waals surface area contributed by atoms with Crippen LogP contribution in [-0.2, 0) is 11.1 Å². The van der Waals surface area contributed by atoms with Gasteiger partial charge in [0.25, 0.3) is 0 Å². The van der Waals surface area contributed by atoms with Crippen LogP contribution in [0.1, 0.15) is 20.7 Å². The number of carbonyl (C=O) groups excluding carboxylic acids is 2. The largest absolute Gasteiger partial charge is 0.302 e. The second kappa shape index (κ2) is 3.52. The van der Waals surface area contributed by atoms with Gasteiger partial charge in [-0.05, 0) is 0 Å². The Morgan fingerprint density at radius 1 is 1.07 bits per heavy atom. The van der Waals surface area contributed by atoms with Crippen LogP contribution in [0.25, 0.3) is 0 Å². The van der Waals surface area contributed by atoms with E-state index in [2.05, 4.69) is 0 Å². The molecule has 0 saturated carbocycles. The Bertz CT molecular complexity index is 516. The molecule has 0 saturated heterocycles. The van der Waals surface area contributed by atoms with E-state index in [1.807, 2.05) is 0 Å². The maximum atomic E-state index is 11.6. The molecule has 5 heteroatoms. The van der Waals surface area contributed by atoms with Gasteiger partial charge in [0.2, 0.25) is 5.78 Å². The Balaban J connectivity index is 2.64. The van der Waals surface area contributed by atoms with Crippen molar-refractivity contribution in [1.82, 2.24) is 0 Å². The highest BCUT2D eigenvalue weighted by Crippen LogP contribution is 2.22. The molecule has 1 N–H and O–H groups in total. The average Bonchev–Trinajstić information content (AvgIpc) is 2.23. The number of allylic oxidation sites excluding steroid dienone is 2. The summed E-state index contributed by atoms with van der Waals surface area (Å²) in [5.74, 6) is -0.978. The molecule has 0 fully saturated rings. The van der Waals surface area contributed by atoms with Crippen LogP contribution in [0.3, 0.4) is 0 Å². The maximum absolute atomic E-state index is 11.6. The summed E-state index contributed by atoms with van der Waals surface area (Å²) in [4.78, 5) is 22.7. The minimum Gasteiger partial charge on any atom is -0.302 e. The summed E-state index contributed by atoms with van der Waals surface area (Å²) in [7, 11) is 0. The number of benzene rings is 1. The Morgan fingerprint density at radius 3 is 2.27 bits per heavy atom. The van der Waals surface area contributed by atoms with E-state index in [9.17, 15) is 13.8 Å². The van der Waals surface area contributed by atoms with Crippen LogP contribution >= 0.6 is 0 Å². The van der Waals surface area contributed by atoms with Crippen LogP contribution < -0.4 is 0 Å². The molecule has 1 aromatic carbocycles. The monoisotopic (exact) mass is 222 g/mol. The molecule has 1 atom stereocenters. The molecular weight excluding hydrogens is 216 g/mol. The topological polar surface area (TPSA) is 71.4 Å². The van der Waals surface area contributed by atoms with E-state index in [1.54, 1.807) is 12.1 Å². The van der Waals surface area contributed by atoms with E-state index in [4.69, 9.17) is 4.55 Å². The van der Waals surface area contributed by atoms with Crippen LogP contribution in [0, 0.1) is 0 Å². The van der Waals surface area contributed by atoms with Crippen LogP contribution in [-0.4, -0.2) is 20.3 Å². The number of fused-ring (bicyclic) bond motifs is 1. The number of hydrogen-bond donors (Lipinski definition) is 1. The third kappa shape index (κ3) is 1.55. The number of hydrogen-bond acceptors (Lipinski definition) is 3. The first-order valence-electron chi connectivity index (χ1n) is 4.12. The van der Waals surface area contributed by atoms with E-state index in [0.717, 1.165) is 6.08 Å². The fourth-order valence-corrected chi connectivity index (χ4v) is 1.90.